The van der Waals surface area contributed by atoms with Gasteiger partial charge in [0, 0.05) is 30.5 Å². The quantitative estimate of drug-likeness (QED) is 0.838. The summed E-state index contributed by atoms with van der Waals surface area (Å²) >= 11 is 0. The Kier molecular flexibility index (Phi) is 6.04. The van der Waals surface area contributed by atoms with E-state index in [1.807, 2.05) is 18.7 Å². The van der Waals surface area contributed by atoms with Gasteiger partial charge in [-0.25, -0.2) is 0 Å². The molecule has 0 fully saturated rings. The molecular weight excluding hydrogens is 240 g/mol. The fourth-order valence-corrected chi connectivity index (χ4v) is 1.81. The molecule has 1 aromatic heterocycles. The number of pyridine rings is 1. The lowest BCUT2D eigenvalue weighted by molar-refractivity contribution is 0.0699. The fourth-order valence-electron chi connectivity index (χ4n) is 1.81. The molecule has 4 heteroatoms. The van der Waals surface area contributed by atoms with Crippen LogP contribution >= 0.6 is 0 Å². The van der Waals surface area contributed by atoms with E-state index < -0.39 is 0 Å². The number of hydrogen-bond donors (Lipinski definition) is 1. The van der Waals surface area contributed by atoms with Crippen molar-refractivity contribution < 1.29 is 9.90 Å². The van der Waals surface area contributed by atoms with Crippen LogP contribution in [0.4, 0.5) is 0 Å². The van der Waals surface area contributed by atoms with Gasteiger partial charge in [-0.05, 0) is 26.3 Å². The van der Waals surface area contributed by atoms with Crippen molar-refractivity contribution in [2.24, 2.45) is 0 Å². The summed E-state index contributed by atoms with van der Waals surface area (Å²) in [6, 6.07) is 1.91. The Morgan fingerprint density at radius 3 is 2.79 bits per heavy atom. The highest BCUT2D eigenvalue weighted by molar-refractivity contribution is 5.94. The molecule has 1 heterocycles. The molecular formula is C15H20N2O2. The zero-order valence-electron chi connectivity index (χ0n) is 11.7. The Morgan fingerprint density at radius 1 is 1.47 bits per heavy atom. The van der Waals surface area contributed by atoms with Crippen LogP contribution in [0.3, 0.4) is 0 Å². The molecule has 0 saturated carbocycles. The Morgan fingerprint density at radius 2 is 2.21 bits per heavy atom. The van der Waals surface area contributed by atoms with Crippen LogP contribution in [0.25, 0.3) is 0 Å². The zero-order chi connectivity index (χ0) is 14.3. The highest BCUT2D eigenvalue weighted by atomic mass is 16.2. The first-order valence-corrected chi connectivity index (χ1v) is 6.49. The van der Waals surface area contributed by atoms with Gasteiger partial charge in [0.05, 0.1) is 5.56 Å². The van der Waals surface area contributed by atoms with Crippen molar-refractivity contribution in [3.63, 3.8) is 0 Å². The SMILES string of the molecule is CCC(C)N(CC)C(=O)c1cncc(C#CCO)c1. The van der Waals surface area contributed by atoms with Gasteiger partial charge < -0.3 is 10.0 Å². The van der Waals surface area contributed by atoms with Crippen LogP contribution in [0, 0.1) is 11.8 Å². The predicted octanol–water partition coefficient (Wildman–Crippen LogP) is 1.69. The van der Waals surface area contributed by atoms with Crippen LogP contribution in [-0.2, 0) is 0 Å². The molecule has 0 aliphatic carbocycles. The van der Waals surface area contributed by atoms with Crippen LogP contribution in [0.15, 0.2) is 18.5 Å². The summed E-state index contributed by atoms with van der Waals surface area (Å²) < 4.78 is 0. The molecule has 102 valence electrons. The van der Waals surface area contributed by atoms with E-state index in [2.05, 4.69) is 23.7 Å². The highest BCUT2D eigenvalue weighted by Crippen LogP contribution is 2.11. The largest absolute Gasteiger partial charge is 0.384 e. The Hall–Kier alpha value is -1.86. The van der Waals surface area contributed by atoms with E-state index >= 15 is 0 Å². The maximum Gasteiger partial charge on any atom is 0.255 e. The first-order valence-electron chi connectivity index (χ1n) is 6.49. The van der Waals surface area contributed by atoms with E-state index in [9.17, 15) is 4.79 Å². The molecule has 0 radical (unpaired) electrons. The third kappa shape index (κ3) is 4.08. The molecule has 1 rings (SSSR count). The summed E-state index contributed by atoms with van der Waals surface area (Å²) in [6.45, 7) is 6.52. The van der Waals surface area contributed by atoms with Crippen LogP contribution in [0.5, 0.6) is 0 Å². The summed E-state index contributed by atoms with van der Waals surface area (Å²) in [7, 11) is 0. The lowest BCUT2D eigenvalue weighted by atomic mass is 10.1. The van der Waals surface area contributed by atoms with E-state index in [-0.39, 0.29) is 18.6 Å². The van der Waals surface area contributed by atoms with Crippen molar-refractivity contribution in [1.29, 1.82) is 0 Å². The van der Waals surface area contributed by atoms with Gasteiger partial charge in [-0.15, -0.1) is 0 Å². The van der Waals surface area contributed by atoms with Crippen LogP contribution in [0.1, 0.15) is 43.1 Å². The normalized spacial score (nSPS) is 11.4. The monoisotopic (exact) mass is 260 g/mol. The first kappa shape index (κ1) is 15.2. The maximum absolute atomic E-state index is 12.4. The molecule has 1 amide bonds. The minimum atomic E-state index is -0.202. The zero-order valence-corrected chi connectivity index (χ0v) is 11.7. The Labute approximate surface area is 114 Å². The molecule has 1 aromatic rings. The van der Waals surface area contributed by atoms with Crippen molar-refractivity contribution in [2.45, 2.75) is 33.2 Å². The molecule has 1 N–H and O–H groups in total. The molecule has 0 spiro atoms. The molecule has 0 aromatic carbocycles. The molecule has 0 aliphatic heterocycles. The van der Waals surface area contributed by atoms with Gasteiger partial charge in [-0.1, -0.05) is 18.8 Å². The highest BCUT2D eigenvalue weighted by Gasteiger charge is 2.19. The van der Waals surface area contributed by atoms with E-state index in [0.29, 0.717) is 17.7 Å². The number of amides is 1. The van der Waals surface area contributed by atoms with E-state index in [0.717, 1.165) is 6.42 Å². The van der Waals surface area contributed by atoms with Crippen molar-refractivity contribution in [1.82, 2.24) is 9.88 Å². The van der Waals surface area contributed by atoms with Crippen molar-refractivity contribution in [3.05, 3.63) is 29.6 Å². The first-order chi connectivity index (χ1) is 9.13. The number of nitrogens with zero attached hydrogens (tertiary/aromatic N) is 2. The number of aromatic nitrogens is 1. The summed E-state index contributed by atoms with van der Waals surface area (Å²) in [5.41, 5.74) is 1.17. The average molecular weight is 260 g/mol. The van der Waals surface area contributed by atoms with Crippen molar-refractivity contribution in [2.75, 3.05) is 13.2 Å². The predicted molar refractivity (Wildman–Crippen MR) is 74.7 cm³/mol. The van der Waals surface area contributed by atoms with Gasteiger partial charge in [0.15, 0.2) is 0 Å². The minimum Gasteiger partial charge on any atom is -0.384 e. The molecule has 0 saturated heterocycles. The fraction of sp³-hybridized carbons (Fsp3) is 0.467. The van der Waals surface area contributed by atoms with Crippen molar-refractivity contribution >= 4 is 5.91 Å². The number of carbonyl (C=O) groups excluding carboxylic acids is 1. The van der Waals surface area contributed by atoms with E-state index in [4.69, 9.17) is 5.11 Å². The maximum atomic E-state index is 12.4. The number of rotatable bonds is 4. The van der Waals surface area contributed by atoms with Crippen molar-refractivity contribution in [3.8, 4) is 11.8 Å². The lowest BCUT2D eigenvalue weighted by Crippen LogP contribution is -2.38. The average Bonchev–Trinajstić information content (AvgIpc) is 2.45. The number of aliphatic hydroxyl groups excluding tert-OH is 1. The van der Waals surface area contributed by atoms with Gasteiger partial charge in [0.1, 0.15) is 6.61 Å². The van der Waals surface area contributed by atoms with Gasteiger partial charge in [-0.2, -0.15) is 0 Å². The summed E-state index contributed by atoms with van der Waals surface area (Å²) in [6.07, 6.45) is 4.05. The molecule has 0 aliphatic rings. The minimum absolute atomic E-state index is 0.0306. The van der Waals surface area contributed by atoms with Crippen LogP contribution < -0.4 is 0 Å². The summed E-state index contributed by atoms with van der Waals surface area (Å²) in [5, 5.41) is 8.67. The van der Waals surface area contributed by atoms with Gasteiger partial charge in [0.2, 0.25) is 0 Å². The second-order valence-electron chi connectivity index (χ2n) is 4.27. The smallest absolute Gasteiger partial charge is 0.255 e. The molecule has 1 atom stereocenters. The third-order valence-corrected chi connectivity index (χ3v) is 3.02. The standard InChI is InChI=1S/C15H20N2O2/c1-4-12(3)17(5-2)15(19)14-9-13(7-6-8-18)10-16-11-14/h9-12,18H,4-5,8H2,1-3H3. The molecule has 19 heavy (non-hydrogen) atoms. The molecule has 1 unspecified atom stereocenters. The summed E-state index contributed by atoms with van der Waals surface area (Å²) in [5.74, 6) is 5.27. The van der Waals surface area contributed by atoms with Gasteiger partial charge >= 0.3 is 0 Å². The Bertz CT molecular complexity index is 488. The topological polar surface area (TPSA) is 53.4 Å². The number of aliphatic hydroxyl groups is 1. The number of hydrogen-bond acceptors (Lipinski definition) is 3. The lowest BCUT2D eigenvalue weighted by Gasteiger charge is -2.27. The van der Waals surface area contributed by atoms with E-state index in [1.54, 1.807) is 18.5 Å². The van der Waals surface area contributed by atoms with Gasteiger partial charge in [0.25, 0.3) is 5.91 Å². The molecule has 4 nitrogen and oxygen atoms in total. The second kappa shape index (κ2) is 7.55. The van der Waals surface area contributed by atoms with Crippen LogP contribution in [-0.4, -0.2) is 40.1 Å². The second-order valence-corrected chi connectivity index (χ2v) is 4.27. The Balaban J connectivity index is 2.98. The van der Waals surface area contributed by atoms with Crippen LogP contribution in [0.2, 0.25) is 0 Å². The number of carbonyl (C=O) groups is 1. The third-order valence-electron chi connectivity index (χ3n) is 3.02. The van der Waals surface area contributed by atoms with E-state index in [1.165, 1.54) is 0 Å². The summed E-state index contributed by atoms with van der Waals surface area (Å²) in [4.78, 5) is 18.2. The molecule has 0 bridgehead atoms. The van der Waals surface area contributed by atoms with Gasteiger partial charge in [-0.3, -0.25) is 9.78 Å².